The quantitative estimate of drug-likeness (QED) is 0.553. The Labute approximate surface area is 158 Å². The number of nitrogens with one attached hydrogen (secondary N) is 2. The van der Waals surface area contributed by atoms with E-state index in [-0.39, 0.29) is 15.4 Å². The number of hydrogen-bond acceptors (Lipinski definition) is 6. The van der Waals surface area contributed by atoms with Gasteiger partial charge in [-0.2, -0.15) is 0 Å². The molecule has 0 spiro atoms. The summed E-state index contributed by atoms with van der Waals surface area (Å²) in [6, 6.07) is 8.13. The van der Waals surface area contributed by atoms with Crippen LogP contribution in [0.2, 0.25) is 0 Å². The number of aromatic nitrogens is 2. The van der Waals surface area contributed by atoms with E-state index < -0.39 is 15.4 Å². The summed E-state index contributed by atoms with van der Waals surface area (Å²) in [7, 11) is -3.73. The molecule has 142 valence electrons. The van der Waals surface area contributed by atoms with Crippen molar-refractivity contribution in [3.8, 4) is 0 Å². The molecule has 1 aromatic heterocycles. The van der Waals surface area contributed by atoms with E-state index in [9.17, 15) is 13.2 Å². The molecule has 0 bridgehead atoms. The van der Waals surface area contributed by atoms with Gasteiger partial charge < -0.3 is 5.32 Å². The van der Waals surface area contributed by atoms with E-state index in [1.165, 1.54) is 11.1 Å². The van der Waals surface area contributed by atoms with Crippen molar-refractivity contribution in [3.05, 3.63) is 35.4 Å². The maximum atomic E-state index is 12.3. The van der Waals surface area contributed by atoms with Crippen LogP contribution in [-0.4, -0.2) is 31.1 Å². The van der Waals surface area contributed by atoms with Crippen LogP contribution < -0.4 is 10.0 Å². The summed E-state index contributed by atoms with van der Waals surface area (Å²) in [6.07, 6.45) is 1.46. The Morgan fingerprint density at radius 2 is 1.96 bits per heavy atom. The van der Waals surface area contributed by atoms with E-state index in [0.717, 1.165) is 17.8 Å². The van der Waals surface area contributed by atoms with Gasteiger partial charge in [-0.05, 0) is 25.3 Å². The Bertz CT molecular complexity index is 870. The van der Waals surface area contributed by atoms with Gasteiger partial charge in [0.25, 0.3) is 10.0 Å². The van der Waals surface area contributed by atoms with Gasteiger partial charge >= 0.3 is 0 Å². The zero-order chi connectivity index (χ0) is 19.4. The molecule has 0 atom stereocenters. The van der Waals surface area contributed by atoms with Gasteiger partial charge in [0.15, 0.2) is 0 Å². The molecule has 0 aliphatic carbocycles. The average molecular weight is 397 g/mol. The highest BCUT2D eigenvalue weighted by Gasteiger charge is 2.24. The number of hydrogen-bond donors (Lipinski definition) is 2. The number of aryl methyl sites for hydroxylation is 2. The fourth-order valence-electron chi connectivity index (χ4n) is 2.08. The normalized spacial score (nSPS) is 12.2. The van der Waals surface area contributed by atoms with E-state index in [4.69, 9.17) is 0 Å². The second kappa shape index (κ2) is 8.24. The third-order valence-corrected chi connectivity index (χ3v) is 6.22. The average Bonchev–Trinajstić information content (AvgIpc) is 3.00. The van der Waals surface area contributed by atoms with Crippen LogP contribution in [-0.2, 0) is 21.2 Å². The first kappa shape index (κ1) is 20.5. The number of amides is 1. The number of carbonyl (C=O) groups excluding carboxylic acids is 1. The Balaban J connectivity index is 1.89. The standard InChI is InChI=1S/C17H24N4O3S2/c1-12-7-5-8-13(11-12)9-6-10-18-26(23,24)16-21-20-15(25-16)19-14(22)17(2,3)4/h5,7-8,11,18H,6,9-10H2,1-4H3,(H,19,20,22). The summed E-state index contributed by atoms with van der Waals surface area (Å²) in [6.45, 7) is 7.61. The molecule has 0 radical (unpaired) electrons. The van der Waals surface area contributed by atoms with Crippen LogP contribution in [0, 0.1) is 12.3 Å². The zero-order valence-corrected chi connectivity index (χ0v) is 17.0. The molecule has 26 heavy (non-hydrogen) atoms. The monoisotopic (exact) mass is 396 g/mol. The predicted octanol–water partition coefficient (Wildman–Crippen LogP) is 2.74. The van der Waals surface area contributed by atoms with Crippen molar-refractivity contribution in [3.63, 3.8) is 0 Å². The lowest BCUT2D eigenvalue weighted by molar-refractivity contribution is -0.123. The molecule has 0 saturated carbocycles. The minimum Gasteiger partial charge on any atom is -0.300 e. The molecule has 1 heterocycles. The number of sulfonamides is 1. The van der Waals surface area contributed by atoms with Crippen LogP contribution in [0.15, 0.2) is 28.6 Å². The summed E-state index contributed by atoms with van der Waals surface area (Å²) in [4.78, 5) is 11.9. The largest absolute Gasteiger partial charge is 0.300 e. The minimum absolute atomic E-state index is 0.155. The minimum atomic E-state index is -3.73. The molecule has 0 unspecified atom stereocenters. The van der Waals surface area contributed by atoms with Crippen molar-refractivity contribution in [2.45, 2.75) is 44.9 Å². The molecular formula is C17H24N4O3S2. The molecular weight excluding hydrogens is 372 g/mol. The topological polar surface area (TPSA) is 101 Å². The van der Waals surface area contributed by atoms with Gasteiger partial charge in [-0.25, -0.2) is 13.1 Å². The summed E-state index contributed by atoms with van der Waals surface area (Å²) < 4.78 is 26.9. The van der Waals surface area contributed by atoms with Gasteiger partial charge in [0.2, 0.25) is 15.4 Å². The lowest BCUT2D eigenvalue weighted by Crippen LogP contribution is -2.27. The smallest absolute Gasteiger partial charge is 0.269 e. The van der Waals surface area contributed by atoms with Crippen LogP contribution in [0.3, 0.4) is 0 Å². The van der Waals surface area contributed by atoms with Crippen LogP contribution in [0.1, 0.15) is 38.3 Å². The van der Waals surface area contributed by atoms with Gasteiger partial charge in [0, 0.05) is 12.0 Å². The van der Waals surface area contributed by atoms with Crippen molar-refractivity contribution >= 4 is 32.4 Å². The van der Waals surface area contributed by atoms with Crippen LogP contribution >= 0.6 is 11.3 Å². The molecule has 2 aromatic rings. The van der Waals surface area contributed by atoms with Crippen molar-refractivity contribution in [2.75, 3.05) is 11.9 Å². The Morgan fingerprint density at radius 3 is 2.62 bits per heavy atom. The first-order valence-corrected chi connectivity index (χ1v) is 10.6. The predicted molar refractivity (Wildman–Crippen MR) is 103 cm³/mol. The molecule has 2 rings (SSSR count). The maximum Gasteiger partial charge on any atom is 0.269 e. The van der Waals surface area contributed by atoms with Crippen molar-refractivity contribution in [1.29, 1.82) is 0 Å². The molecule has 1 amide bonds. The van der Waals surface area contributed by atoms with Crippen molar-refractivity contribution in [2.24, 2.45) is 5.41 Å². The number of nitrogens with zero attached hydrogens (tertiary/aromatic N) is 2. The van der Waals surface area contributed by atoms with E-state index in [2.05, 4.69) is 26.3 Å². The van der Waals surface area contributed by atoms with E-state index in [1.807, 2.05) is 25.1 Å². The third-order valence-electron chi connectivity index (χ3n) is 3.55. The van der Waals surface area contributed by atoms with Crippen LogP contribution in [0.25, 0.3) is 0 Å². The highest BCUT2D eigenvalue weighted by Crippen LogP contribution is 2.22. The second-order valence-electron chi connectivity index (χ2n) is 7.07. The molecule has 0 aliphatic rings. The summed E-state index contributed by atoms with van der Waals surface area (Å²) in [5.41, 5.74) is 1.76. The van der Waals surface area contributed by atoms with Crippen molar-refractivity contribution < 1.29 is 13.2 Å². The number of carbonyl (C=O) groups is 1. The fraction of sp³-hybridized carbons (Fsp3) is 0.471. The van der Waals surface area contributed by atoms with E-state index >= 15 is 0 Å². The third kappa shape index (κ3) is 5.86. The summed E-state index contributed by atoms with van der Waals surface area (Å²) in [5.74, 6) is -0.247. The van der Waals surface area contributed by atoms with Gasteiger partial charge in [0.05, 0.1) is 0 Å². The lowest BCUT2D eigenvalue weighted by Gasteiger charge is -2.15. The van der Waals surface area contributed by atoms with Crippen LogP contribution in [0.5, 0.6) is 0 Å². The first-order chi connectivity index (χ1) is 12.1. The van der Waals surface area contributed by atoms with Gasteiger partial charge in [-0.15, -0.1) is 10.2 Å². The van der Waals surface area contributed by atoms with Crippen molar-refractivity contribution in [1.82, 2.24) is 14.9 Å². The number of benzene rings is 1. The highest BCUT2D eigenvalue weighted by atomic mass is 32.2. The lowest BCUT2D eigenvalue weighted by atomic mass is 9.96. The summed E-state index contributed by atoms with van der Waals surface area (Å²) in [5, 5.41) is 10.2. The maximum absolute atomic E-state index is 12.3. The van der Waals surface area contributed by atoms with Gasteiger partial charge in [0.1, 0.15) is 0 Å². The van der Waals surface area contributed by atoms with E-state index in [1.54, 1.807) is 20.8 Å². The highest BCUT2D eigenvalue weighted by molar-refractivity contribution is 7.91. The Hall–Kier alpha value is -1.84. The Kier molecular flexibility index (Phi) is 6.48. The number of rotatable bonds is 7. The molecule has 0 fully saturated rings. The molecule has 7 nitrogen and oxygen atoms in total. The van der Waals surface area contributed by atoms with Gasteiger partial charge in [-0.1, -0.05) is 61.9 Å². The van der Waals surface area contributed by atoms with Gasteiger partial charge in [-0.3, -0.25) is 4.79 Å². The molecule has 0 saturated heterocycles. The molecule has 0 aliphatic heterocycles. The Morgan fingerprint density at radius 1 is 1.23 bits per heavy atom. The fourth-order valence-corrected chi connectivity index (χ4v) is 4.09. The number of anilines is 1. The zero-order valence-electron chi connectivity index (χ0n) is 15.4. The van der Waals surface area contributed by atoms with Crippen LogP contribution in [0.4, 0.5) is 5.13 Å². The second-order valence-corrected chi connectivity index (χ2v) is 9.99. The summed E-state index contributed by atoms with van der Waals surface area (Å²) >= 11 is 0.836. The molecule has 1 aromatic carbocycles. The SMILES string of the molecule is Cc1cccc(CCCNS(=O)(=O)c2nnc(NC(=O)C(C)(C)C)s2)c1. The van der Waals surface area contributed by atoms with E-state index in [0.29, 0.717) is 13.0 Å². The first-order valence-electron chi connectivity index (χ1n) is 8.28. The molecule has 2 N–H and O–H groups in total. The molecule has 9 heteroatoms.